The van der Waals surface area contributed by atoms with Crippen LogP contribution in [0.3, 0.4) is 0 Å². The first-order valence-electron chi connectivity index (χ1n) is 6.10. The molecule has 96 valence electrons. The highest BCUT2D eigenvalue weighted by Crippen LogP contribution is 2.25. The summed E-state index contributed by atoms with van der Waals surface area (Å²) in [5, 5.41) is 0. The van der Waals surface area contributed by atoms with Crippen molar-refractivity contribution < 1.29 is 14.3 Å². The maximum Gasteiger partial charge on any atom is 0.313 e. The molecule has 0 amide bonds. The molecule has 4 nitrogen and oxygen atoms in total. The molecule has 1 fully saturated rings. The van der Waals surface area contributed by atoms with Gasteiger partial charge in [-0.2, -0.15) is 0 Å². The van der Waals surface area contributed by atoms with Crippen molar-refractivity contribution in [2.75, 3.05) is 0 Å². The monoisotopic (exact) mass is 247 g/mol. The highest BCUT2D eigenvalue weighted by atomic mass is 16.6. The topological polar surface area (TPSA) is 69.4 Å². The van der Waals surface area contributed by atoms with Crippen LogP contribution in [0.2, 0.25) is 0 Å². The van der Waals surface area contributed by atoms with Crippen LogP contribution in [0.15, 0.2) is 30.3 Å². The van der Waals surface area contributed by atoms with Gasteiger partial charge in [-0.25, -0.2) is 0 Å². The lowest BCUT2D eigenvalue weighted by Crippen LogP contribution is -2.46. The van der Waals surface area contributed by atoms with Gasteiger partial charge in [-0.15, -0.1) is 0 Å². The van der Waals surface area contributed by atoms with Crippen LogP contribution >= 0.6 is 0 Å². The standard InChI is InChI=1S/C14H17NO3/c1-9-11(14(17)18-9)8-13(16)12(15)7-10-5-3-2-4-6-10/h2-6,9,11-12H,7-8,15H2,1H3/t9-,11+,12+/m1/s1. The zero-order chi connectivity index (χ0) is 13.1. The van der Waals surface area contributed by atoms with Crippen molar-refractivity contribution in [1.82, 2.24) is 0 Å². The number of benzene rings is 1. The van der Waals surface area contributed by atoms with Gasteiger partial charge < -0.3 is 10.5 Å². The number of nitrogens with two attached hydrogens (primary N) is 1. The van der Waals surface area contributed by atoms with E-state index in [1.54, 1.807) is 6.92 Å². The van der Waals surface area contributed by atoms with Crippen molar-refractivity contribution in [2.45, 2.75) is 31.9 Å². The molecule has 0 saturated carbocycles. The lowest BCUT2D eigenvalue weighted by Gasteiger charge is -2.32. The number of Topliss-reactive ketones (excluding diaryl/α,β-unsaturated/α-hetero) is 1. The molecular weight excluding hydrogens is 230 g/mol. The Balaban J connectivity index is 1.87. The molecule has 1 aliphatic heterocycles. The van der Waals surface area contributed by atoms with Crippen molar-refractivity contribution in [3.63, 3.8) is 0 Å². The highest BCUT2D eigenvalue weighted by molar-refractivity contribution is 5.90. The first-order chi connectivity index (χ1) is 8.58. The maximum absolute atomic E-state index is 11.9. The maximum atomic E-state index is 11.9. The van der Waals surface area contributed by atoms with E-state index in [0.29, 0.717) is 6.42 Å². The average Bonchev–Trinajstić information content (AvgIpc) is 2.37. The van der Waals surface area contributed by atoms with Gasteiger partial charge in [0.2, 0.25) is 0 Å². The minimum absolute atomic E-state index is 0.0765. The van der Waals surface area contributed by atoms with E-state index >= 15 is 0 Å². The molecule has 1 heterocycles. The Labute approximate surface area is 106 Å². The molecule has 1 aliphatic rings. The van der Waals surface area contributed by atoms with Crippen LogP contribution in [0.5, 0.6) is 0 Å². The highest BCUT2D eigenvalue weighted by Gasteiger charge is 2.40. The first kappa shape index (κ1) is 12.8. The molecule has 3 atom stereocenters. The number of hydrogen-bond donors (Lipinski definition) is 1. The van der Waals surface area contributed by atoms with E-state index in [4.69, 9.17) is 10.5 Å². The summed E-state index contributed by atoms with van der Waals surface area (Å²) in [5.74, 6) is -0.672. The molecule has 1 saturated heterocycles. The number of carbonyl (C=O) groups excluding carboxylic acids is 2. The fourth-order valence-electron chi connectivity index (χ4n) is 2.07. The summed E-state index contributed by atoms with van der Waals surface area (Å²) in [5.41, 5.74) is 6.90. The molecule has 1 aromatic rings. The summed E-state index contributed by atoms with van der Waals surface area (Å²) in [4.78, 5) is 23.1. The van der Waals surface area contributed by atoms with Gasteiger partial charge in [0.15, 0.2) is 5.78 Å². The van der Waals surface area contributed by atoms with Crippen LogP contribution in [0.25, 0.3) is 0 Å². The van der Waals surface area contributed by atoms with Crippen LogP contribution < -0.4 is 5.73 Å². The van der Waals surface area contributed by atoms with E-state index < -0.39 is 6.04 Å². The van der Waals surface area contributed by atoms with Gasteiger partial charge in [0.1, 0.15) is 12.0 Å². The van der Waals surface area contributed by atoms with E-state index in [-0.39, 0.29) is 30.2 Å². The van der Waals surface area contributed by atoms with Crippen LogP contribution in [0.1, 0.15) is 18.9 Å². The van der Waals surface area contributed by atoms with Gasteiger partial charge in [-0.05, 0) is 18.9 Å². The number of hydrogen-bond acceptors (Lipinski definition) is 4. The summed E-state index contributed by atoms with van der Waals surface area (Å²) in [7, 11) is 0. The molecule has 0 spiro atoms. The number of ketones is 1. The number of carbonyl (C=O) groups is 2. The lowest BCUT2D eigenvalue weighted by atomic mass is 9.89. The third kappa shape index (κ3) is 2.76. The van der Waals surface area contributed by atoms with Gasteiger partial charge in [-0.3, -0.25) is 9.59 Å². The van der Waals surface area contributed by atoms with E-state index in [1.165, 1.54) is 0 Å². The molecule has 2 rings (SSSR count). The van der Waals surface area contributed by atoms with Gasteiger partial charge in [0, 0.05) is 6.42 Å². The minimum atomic E-state index is -0.548. The van der Waals surface area contributed by atoms with Gasteiger partial charge in [-0.1, -0.05) is 30.3 Å². The number of esters is 1. The summed E-state index contributed by atoms with van der Waals surface area (Å²) in [6, 6.07) is 9.08. The number of cyclic esters (lactones) is 1. The fourth-order valence-corrected chi connectivity index (χ4v) is 2.07. The Morgan fingerprint density at radius 3 is 2.61 bits per heavy atom. The Bertz CT molecular complexity index is 444. The van der Waals surface area contributed by atoms with Crippen molar-refractivity contribution in [2.24, 2.45) is 11.7 Å². The Hall–Kier alpha value is -1.68. The van der Waals surface area contributed by atoms with Crippen LogP contribution in [0, 0.1) is 5.92 Å². The minimum Gasteiger partial charge on any atom is -0.461 e. The quantitative estimate of drug-likeness (QED) is 0.790. The lowest BCUT2D eigenvalue weighted by molar-refractivity contribution is -0.183. The Kier molecular flexibility index (Phi) is 3.77. The number of ether oxygens (including phenoxy) is 1. The van der Waals surface area contributed by atoms with Crippen molar-refractivity contribution >= 4 is 11.8 Å². The van der Waals surface area contributed by atoms with E-state index in [2.05, 4.69) is 0 Å². The molecular formula is C14H17NO3. The van der Waals surface area contributed by atoms with Crippen LogP contribution in [0.4, 0.5) is 0 Å². The zero-order valence-electron chi connectivity index (χ0n) is 10.3. The Morgan fingerprint density at radius 1 is 1.39 bits per heavy atom. The predicted molar refractivity (Wildman–Crippen MR) is 66.8 cm³/mol. The van der Waals surface area contributed by atoms with Crippen LogP contribution in [-0.2, 0) is 20.7 Å². The van der Waals surface area contributed by atoms with E-state index in [9.17, 15) is 9.59 Å². The van der Waals surface area contributed by atoms with Gasteiger partial charge >= 0.3 is 5.97 Å². The van der Waals surface area contributed by atoms with Crippen molar-refractivity contribution in [3.8, 4) is 0 Å². The normalized spacial score (nSPS) is 24.0. The van der Waals surface area contributed by atoms with Gasteiger partial charge in [0.25, 0.3) is 0 Å². The van der Waals surface area contributed by atoms with Crippen LogP contribution in [-0.4, -0.2) is 23.9 Å². The fraction of sp³-hybridized carbons (Fsp3) is 0.429. The molecule has 4 heteroatoms. The molecule has 2 N–H and O–H groups in total. The molecule has 0 bridgehead atoms. The molecule has 0 radical (unpaired) electrons. The number of rotatable bonds is 5. The van der Waals surface area contributed by atoms with Crippen molar-refractivity contribution in [1.29, 1.82) is 0 Å². The SMILES string of the molecule is C[C@H]1OC(=O)[C@H]1CC(=O)[C@@H](N)Cc1ccccc1. The molecule has 0 aliphatic carbocycles. The molecule has 0 aromatic heterocycles. The predicted octanol–water partition coefficient (Wildman–Crippen LogP) is 1.08. The molecule has 0 unspecified atom stereocenters. The molecule has 18 heavy (non-hydrogen) atoms. The molecule has 1 aromatic carbocycles. The summed E-state index contributed by atoms with van der Waals surface area (Å²) >= 11 is 0. The second-order valence-corrected chi connectivity index (χ2v) is 4.72. The summed E-state index contributed by atoms with van der Waals surface area (Å²) in [6.45, 7) is 1.79. The smallest absolute Gasteiger partial charge is 0.313 e. The van der Waals surface area contributed by atoms with Crippen molar-refractivity contribution in [3.05, 3.63) is 35.9 Å². The zero-order valence-corrected chi connectivity index (χ0v) is 10.3. The first-order valence-corrected chi connectivity index (χ1v) is 6.10. The Morgan fingerprint density at radius 2 is 2.06 bits per heavy atom. The third-order valence-electron chi connectivity index (χ3n) is 3.30. The average molecular weight is 247 g/mol. The van der Waals surface area contributed by atoms with E-state index in [1.807, 2.05) is 30.3 Å². The largest absolute Gasteiger partial charge is 0.461 e. The second kappa shape index (κ2) is 5.31. The third-order valence-corrected chi connectivity index (χ3v) is 3.30. The summed E-state index contributed by atoms with van der Waals surface area (Å²) in [6.07, 6.45) is 0.537. The summed E-state index contributed by atoms with van der Waals surface area (Å²) < 4.78 is 4.82. The van der Waals surface area contributed by atoms with Gasteiger partial charge in [0.05, 0.1) is 6.04 Å². The van der Waals surface area contributed by atoms with E-state index in [0.717, 1.165) is 5.56 Å². The second-order valence-electron chi connectivity index (χ2n) is 4.72.